The molecular formula is C12H14O3. The van der Waals surface area contributed by atoms with Gasteiger partial charge in [-0.3, -0.25) is 0 Å². The van der Waals surface area contributed by atoms with Crippen molar-refractivity contribution in [3.63, 3.8) is 0 Å². The van der Waals surface area contributed by atoms with E-state index < -0.39 is 11.9 Å². The van der Waals surface area contributed by atoms with E-state index >= 15 is 0 Å². The van der Waals surface area contributed by atoms with Crippen LogP contribution >= 0.6 is 0 Å². The number of rotatable bonds is 4. The van der Waals surface area contributed by atoms with Gasteiger partial charge in [-0.05, 0) is 13.8 Å². The van der Waals surface area contributed by atoms with Gasteiger partial charge in [0.25, 0.3) is 0 Å². The van der Waals surface area contributed by atoms with Gasteiger partial charge in [-0.25, -0.2) is 9.59 Å². The van der Waals surface area contributed by atoms with Crippen LogP contribution in [0.3, 0.4) is 0 Å². The van der Waals surface area contributed by atoms with Gasteiger partial charge in [-0.1, -0.05) is 36.5 Å². The zero-order valence-corrected chi connectivity index (χ0v) is 8.84. The van der Waals surface area contributed by atoms with Crippen LogP contribution in [0, 0.1) is 0 Å². The Morgan fingerprint density at radius 1 is 0.800 bits per heavy atom. The summed E-state index contributed by atoms with van der Waals surface area (Å²) >= 11 is 0. The molecule has 0 heterocycles. The topological polar surface area (TPSA) is 43.4 Å². The molecule has 0 N–H and O–H groups in total. The number of carbonyl (C=O) groups excluding carboxylic acids is 2. The zero-order chi connectivity index (χ0) is 11.5. The van der Waals surface area contributed by atoms with Crippen molar-refractivity contribution in [2.75, 3.05) is 0 Å². The first-order valence-corrected chi connectivity index (χ1v) is 4.55. The van der Waals surface area contributed by atoms with Gasteiger partial charge in [0.2, 0.25) is 0 Å². The van der Waals surface area contributed by atoms with E-state index in [1.165, 1.54) is 24.3 Å². The average molecular weight is 206 g/mol. The highest BCUT2D eigenvalue weighted by Gasteiger charge is 2.01. The van der Waals surface area contributed by atoms with Crippen molar-refractivity contribution in [1.82, 2.24) is 0 Å². The average Bonchev–Trinajstić information content (AvgIpc) is 2.18. The predicted molar refractivity (Wildman–Crippen MR) is 59.0 cm³/mol. The maximum Gasteiger partial charge on any atom is 0.338 e. The first-order valence-electron chi connectivity index (χ1n) is 4.55. The van der Waals surface area contributed by atoms with Gasteiger partial charge in [-0.15, -0.1) is 0 Å². The van der Waals surface area contributed by atoms with Gasteiger partial charge in [0, 0.05) is 12.2 Å². The van der Waals surface area contributed by atoms with E-state index in [-0.39, 0.29) is 0 Å². The predicted octanol–water partition coefficient (Wildman–Crippen LogP) is 2.32. The molecule has 0 aromatic carbocycles. The van der Waals surface area contributed by atoms with E-state index in [2.05, 4.69) is 4.74 Å². The quantitative estimate of drug-likeness (QED) is 0.307. The van der Waals surface area contributed by atoms with Crippen molar-refractivity contribution in [1.29, 1.82) is 0 Å². The first-order chi connectivity index (χ1) is 7.20. The number of ether oxygens (including phenoxy) is 1. The molecule has 0 aliphatic carbocycles. The first kappa shape index (κ1) is 13.1. The highest BCUT2D eigenvalue weighted by atomic mass is 16.6. The molecule has 15 heavy (non-hydrogen) atoms. The van der Waals surface area contributed by atoms with Crippen LogP contribution < -0.4 is 0 Å². The van der Waals surface area contributed by atoms with E-state index in [1.807, 2.05) is 13.8 Å². The Balaban J connectivity index is 4.02. The maximum absolute atomic E-state index is 10.9. The lowest BCUT2D eigenvalue weighted by Gasteiger charge is -1.92. The molecule has 0 amide bonds. The van der Waals surface area contributed by atoms with E-state index in [1.54, 1.807) is 24.3 Å². The standard InChI is InChI=1S/C12H14O3/c1-3-5-7-9-11(13)15-12(14)10-8-6-4-2/h3-10H,1-2H3/b5-3+,6-4+,9-7+,10-8+. The Hall–Kier alpha value is -1.90. The summed E-state index contributed by atoms with van der Waals surface area (Å²) in [6.07, 6.45) is 12.2. The van der Waals surface area contributed by atoms with Crippen molar-refractivity contribution >= 4 is 11.9 Å². The second-order valence-corrected chi connectivity index (χ2v) is 2.51. The fourth-order valence-electron chi connectivity index (χ4n) is 0.658. The Bertz CT molecular complexity index is 288. The molecule has 0 radical (unpaired) electrons. The largest absolute Gasteiger partial charge is 0.387 e. The monoisotopic (exact) mass is 206 g/mol. The number of allylic oxidation sites excluding steroid dienone is 6. The molecule has 0 aromatic heterocycles. The third-order valence-electron chi connectivity index (χ3n) is 1.27. The molecular weight excluding hydrogens is 192 g/mol. The SMILES string of the molecule is C/C=C/C=C/C(=O)OC(=O)/C=C/C=C/C. The van der Waals surface area contributed by atoms with E-state index in [0.29, 0.717) is 0 Å². The van der Waals surface area contributed by atoms with Crippen LogP contribution in [0.2, 0.25) is 0 Å². The Morgan fingerprint density at radius 3 is 1.53 bits per heavy atom. The van der Waals surface area contributed by atoms with Crippen molar-refractivity contribution in [2.24, 2.45) is 0 Å². The summed E-state index contributed by atoms with van der Waals surface area (Å²) in [5, 5.41) is 0. The second kappa shape index (κ2) is 8.69. The molecule has 0 saturated carbocycles. The molecule has 0 fully saturated rings. The molecule has 0 atom stereocenters. The molecule has 0 bridgehead atoms. The van der Waals surface area contributed by atoms with Crippen LogP contribution in [0.15, 0.2) is 48.6 Å². The Labute approximate surface area is 89.4 Å². The van der Waals surface area contributed by atoms with Gasteiger partial charge < -0.3 is 4.74 Å². The van der Waals surface area contributed by atoms with E-state index in [0.717, 1.165) is 0 Å². The van der Waals surface area contributed by atoms with Crippen molar-refractivity contribution < 1.29 is 14.3 Å². The molecule has 0 saturated heterocycles. The van der Waals surface area contributed by atoms with Crippen LogP contribution in [-0.2, 0) is 14.3 Å². The van der Waals surface area contributed by atoms with E-state index in [9.17, 15) is 9.59 Å². The van der Waals surface area contributed by atoms with Crippen molar-refractivity contribution in [3.05, 3.63) is 48.6 Å². The summed E-state index contributed by atoms with van der Waals surface area (Å²) in [7, 11) is 0. The molecule has 0 unspecified atom stereocenters. The van der Waals surface area contributed by atoms with E-state index in [4.69, 9.17) is 0 Å². The summed E-state index contributed by atoms with van der Waals surface area (Å²) in [4.78, 5) is 21.9. The minimum absolute atomic E-state index is 0.678. The molecule has 0 rings (SSSR count). The minimum Gasteiger partial charge on any atom is -0.387 e. The molecule has 0 aliphatic heterocycles. The van der Waals surface area contributed by atoms with Gasteiger partial charge >= 0.3 is 11.9 Å². The van der Waals surface area contributed by atoms with Crippen LogP contribution in [0.5, 0.6) is 0 Å². The van der Waals surface area contributed by atoms with Crippen LogP contribution in [-0.4, -0.2) is 11.9 Å². The van der Waals surface area contributed by atoms with Crippen molar-refractivity contribution in [2.45, 2.75) is 13.8 Å². The number of hydrogen-bond donors (Lipinski definition) is 0. The lowest BCUT2D eigenvalue weighted by atomic mass is 10.4. The summed E-state index contributed by atoms with van der Waals surface area (Å²) < 4.78 is 4.42. The highest BCUT2D eigenvalue weighted by molar-refractivity contribution is 5.96. The number of hydrogen-bond acceptors (Lipinski definition) is 3. The second-order valence-electron chi connectivity index (χ2n) is 2.51. The highest BCUT2D eigenvalue weighted by Crippen LogP contribution is 1.87. The fourth-order valence-corrected chi connectivity index (χ4v) is 0.658. The Kier molecular flexibility index (Phi) is 7.59. The molecule has 0 aliphatic rings. The normalized spacial score (nSPS) is 12.1. The Morgan fingerprint density at radius 2 is 1.20 bits per heavy atom. The maximum atomic E-state index is 10.9. The van der Waals surface area contributed by atoms with Gasteiger partial charge in [-0.2, -0.15) is 0 Å². The molecule has 3 nitrogen and oxygen atoms in total. The van der Waals surface area contributed by atoms with Gasteiger partial charge in [0.1, 0.15) is 0 Å². The fraction of sp³-hybridized carbons (Fsp3) is 0.167. The smallest absolute Gasteiger partial charge is 0.338 e. The summed E-state index contributed by atoms with van der Waals surface area (Å²) in [6.45, 7) is 3.64. The third-order valence-corrected chi connectivity index (χ3v) is 1.27. The lowest BCUT2D eigenvalue weighted by molar-refractivity contribution is -0.152. The molecule has 0 aromatic rings. The van der Waals surface area contributed by atoms with Crippen LogP contribution in [0.25, 0.3) is 0 Å². The zero-order valence-electron chi connectivity index (χ0n) is 8.84. The minimum atomic E-state index is -0.678. The van der Waals surface area contributed by atoms with Gasteiger partial charge in [0.15, 0.2) is 0 Å². The summed E-state index contributed by atoms with van der Waals surface area (Å²) in [5.41, 5.74) is 0. The third kappa shape index (κ3) is 8.43. The molecule has 3 heteroatoms. The summed E-state index contributed by atoms with van der Waals surface area (Å²) in [6, 6.07) is 0. The number of carbonyl (C=O) groups is 2. The van der Waals surface area contributed by atoms with Gasteiger partial charge in [0.05, 0.1) is 0 Å². The number of esters is 2. The molecule has 0 spiro atoms. The summed E-state index contributed by atoms with van der Waals surface area (Å²) in [5.74, 6) is -1.36. The van der Waals surface area contributed by atoms with Crippen LogP contribution in [0.1, 0.15) is 13.8 Å². The molecule has 80 valence electrons. The van der Waals surface area contributed by atoms with Crippen molar-refractivity contribution in [3.8, 4) is 0 Å². The lowest BCUT2D eigenvalue weighted by Crippen LogP contribution is -2.06. The van der Waals surface area contributed by atoms with Crippen LogP contribution in [0.4, 0.5) is 0 Å².